The van der Waals surface area contributed by atoms with E-state index >= 15 is 0 Å². The summed E-state index contributed by atoms with van der Waals surface area (Å²) in [7, 11) is 3.03. The van der Waals surface area contributed by atoms with E-state index in [2.05, 4.69) is 10.3 Å². The van der Waals surface area contributed by atoms with Crippen molar-refractivity contribution in [3.05, 3.63) is 58.4 Å². The molecule has 2 amide bonds. The van der Waals surface area contributed by atoms with E-state index in [0.29, 0.717) is 22.5 Å². The molecule has 2 aromatic carbocycles. The van der Waals surface area contributed by atoms with E-state index in [1.54, 1.807) is 43.3 Å². The minimum absolute atomic E-state index is 0.0125. The normalized spacial score (nSPS) is 10.7. The van der Waals surface area contributed by atoms with E-state index < -0.39 is 11.5 Å². The highest BCUT2D eigenvalue weighted by Gasteiger charge is 2.20. The highest BCUT2D eigenvalue weighted by molar-refractivity contribution is 5.94. The first-order chi connectivity index (χ1) is 14.3. The Hall–Kier alpha value is -3.68. The molecule has 0 spiro atoms. The number of hydrogen-bond acceptors (Lipinski definition) is 5. The van der Waals surface area contributed by atoms with Gasteiger partial charge in [0.25, 0.3) is 5.56 Å². The van der Waals surface area contributed by atoms with Gasteiger partial charge in [0.15, 0.2) is 0 Å². The zero-order valence-corrected chi connectivity index (χ0v) is 17.4. The predicted octanol–water partition coefficient (Wildman–Crippen LogP) is 2.73. The van der Waals surface area contributed by atoms with Crippen molar-refractivity contribution in [1.82, 2.24) is 9.55 Å². The fourth-order valence-corrected chi connectivity index (χ4v) is 3.16. The Balaban J connectivity index is 2.02. The second kappa shape index (κ2) is 8.77. The number of fused-ring (bicyclic) bond motifs is 1. The van der Waals surface area contributed by atoms with Crippen LogP contribution in [0, 0.1) is 6.92 Å². The molecule has 0 saturated carbocycles. The molecule has 0 unspecified atom stereocenters. The Morgan fingerprint density at radius 3 is 2.63 bits per heavy atom. The summed E-state index contributed by atoms with van der Waals surface area (Å²) in [6.45, 7) is 3.38. The fourth-order valence-electron chi connectivity index (χ4n) is 3.16. The van der Waals surface area contributed by atoms with Gasteiger partial charge in [0.2, 0.25) is 17.6 Å². The molecule has 30 heavy (non-hydrogen) atoms. The van der Waals surface area contributed by atoms with Gasteiger partial charge in [0.1, 0.15) is 12.3 Å². The van der Waals surface area contributed by atoms with Gasteiger partial charge >= 0.3 is 0 Å². The van der Waals surface area contributed by atoms with Gasteiger partial charge in [-0.3, -0.25) is 23.9 Å². The van der Waals surface area contributed by atoms with Gasteiger partial charge in [-0.2, -0.15) is 0 Å². The lowest BCUT2D eigenvalue weighted by Crippen LogP contribution is -2.36. The molecule has 0 fully saturated rings. The van der Waals surface area contributed by atoms with Crippen LogP contribution in [-0.2, 0) is 16.1 Å². The molecule has 0 aliphatic carbocycles. The second-order valence-corrected chi connectivity index (χ2v) is 6.87. The van der Waals surface area contributed by atoms with E-state index in [9.17, 15) is 14.4 Å². The Labute approximate surface area is 174 Å². The van der Waals surface area contributed by atoms with Crippen LogP contribution in [0.2, 0.25) is 0 Å². The molecule has 0 aliphatic heterocycles. The van der Waals surface area contributed by atoms with E-state index in [4.69, 9.17) is 4.74 Å². The minimum atomic E-state index is -0.510. The van der Waals surface area contributed by atoms with Crippen LogP contribution in [0.5, 0.6) is 5.75 Å². The number of methoxy groups -OCH3 is 1. The predicted molar refractivity (Wildman–Crippen MR) is 116 cm³/mol. The maximum absolute atomic E-state index is 13.1. The molecule has 1 aromatic heterocycles. The fraction of sp³-hybridized carbons (Fsp3) is 0.273. The molecule has 0 radical (unpaired) electrons. The van der Waals surface area contributed by atoms with Crippen LogP contribution in [0.4, 0.5) is 11.5 Å². The monoisotopic (exact) mass is 408 g/mol. The van der Waals surface area contributed by atoms with Crippen molar-refractivity contribution < 1.29 is 14.3 Å². The zero-order valence-electron chi connectivity index (χ0n) is 17.4. The lowest BCUT2D eigenvalue weighted by atomic mass is 10.2. The molecule has 3 aromatic rings. The molecule has 8 heteroatoms. The average Bonchev–Trinajstić information content (AvgIpc) is 2.74. The van der Waals surface area contributed by atoms with Gasteiger partial charge in [0.05, 0.1) is 23.8 Å². The van der Waals surface area contributed by atoms with Crippen LogP contribution >= 0.6 is 0 Å². The topological polar surface area (TPSA) is 93.5 Å². The summed E-state index contributed by atoms with van der Waals surface area (Å²) < 4.78 is 6.63. The third kappa shape index (κ3) is 4.17. The van der Waals surface area contributed by atoms with Crippen molar-refractivity contribution in [3.8, 4) is 5.75 Å². The number of para-hydroxylation sites is 2. The van der Waals surface area contributed by atoms with Crippen LogP contribution in [-0.4, -0.2) is 35.5 Å². The van der Waals surface area contributed by atoms with Crippen molar-refractivity contribution >= 4 is 34.4 Å². The van der Waals surface area contributed by atoms with E-state index in [1.807, 2.05) is 13.0 Å². The van der Waals surface area contributed by atoms with E-state index in [0.717, 1.165) is 5.56 Å². The van der Waals surface area contributed by atoms with Gasteiger partial charge in [-0.15, -0.1) is 0 Å². The van der Waals surface area contributed by atoms with Crippen LogP contribution in [0.15, 0.2) is 47.3 Å². The third-order valence-electron chi connectivity index (χ3n) is 4.76. The number of nitrogens with zero attached hydrogens (tertiary/aromatic N) is 3. The molecule has 156 valence electrons. The summed E-state index contributed by atoms with van der Waals surface area (Å²) in [5, 5.41) is 2.80. The maximum Gasteiger partial charge on any atom is 0.294 e. The van der Waals surface area contributed by atoms with Crippen molar-refractivity contribution in [1.29, 1.82) is 0 Å². The van der Waals surface area contributed by atoms with Gasteiger partial charge < -0.3 is 10.1 Å². The first-order valence-electron chi connectivity index (χ1n) is 9.56. The number of hydrogen-bond donors (Lipinski definition) is 1. The van der Waals surface area contributed by atoms with E-state index in [1.165, 1.54) is 23.6 Å². The largest absolute Gasteiger partial charge is 0.495 e. The highest BCUT2D eigenvalue weighted by Crippen LogP contribution is 2.25. The summed E-state index contributed by atoms with van der Waals surface area (Å²) in [4.78, 5) is 43.6. The average molecular weight is 408 g/mol. The number of carbonyl (C=O) groups is 2. The summed E-state index contributed by atoms with van der Waals surface area (Å²) in [6, 6.07) is 12.4. The number of rotatable bonds is 6. The number of ether oxygens (including phenoxy) is 1. The Bertz CT molecular complexity index is 1170. The maximum atomic E-state index is 13.1. The van der Waals surface area contributed by atoms with Crippen LogP contribution < -0.4 is 20.5 Å². The summed E-state index contributed by atoms with van der Waals surface area (Å²) in [6.07, 6.45) is 0.234. The first kappa shape index (κ1) is 21.0. The van der Waals surface area contributed by atoms with Gasteiger partial charge in [0, 0.05) is 13.5 Å². The number of carbonyl (C=O) groups excluding carboxylic acids is 2. The van der Waals surface area contributed by atoms with Crippen molar-refractivity contribution in [3.63, 3.8) is 0 Å². The second-order valence-electron chi connectivity index (χ2n) is 6.87. The lowest BCUT2D eigenvalue weighted by molar-refractivity contribution is -0.118. The molecule has 1 N–H and O–H groups in total. The number of anilines is 2. The number of aromatic nitrogens is 2. The van der Waals surface area contributed by atoms with Crippen molar-refractivity contribution in [2.45, 2.75) is 26.8 Å². The SMILES string of the molecule is CCC(=O)N(C)c1nc2ccccc2n(CC(=O)Nc2cc(C)ccc2OC)c1=O. The molecule has 1 heterocycles. The number of benzene rings is 2. The van der Waals surface area contributed by atoms with Crippen LogP contribution in [0.25, 0.3) is 11.0 Å². The molecule has 0 bridgehead atoms. The zero-order chi connectivity index (χ0) is 21.8. The number of amides is 2. The molecule has 3 rings (SSSR count). The smallest absolute Gasteiger partial charge is 0.294 e. The summed E-state index contributed by atoms with van der Waals surface area (Å²) in [5.74, 6) is -0.125. The molecular weight excluding hydrogens is 384 g/mol. The molecule has 8 nitrogen and oxygen atoms in total. The first-order valence-corrected chi connectivity index (χ1v) is 9.56. The van der Waals surface area contributed by atoms with Gasteiger partial charge in [-0.1, -0.05) is 25.1 Å². The van der Waals surface area contributed by atoms with Crippen LogP contribution in [0.1, 0.15) is 18.9 Å². The molecule has 0 aliphatic rings. The van der Waals surface area contributed by atoms with Crippen molar-refractivity contribution in [2.75, 3.05) is 24.4 Å². The third-order valence-corrected chi connectivity index (χ3v) is 4.76. The number of aryl methyl sites for hydroxylation is 1. The highest BCUT2D eigenvalue weighted by atomic mass is 16.5. The van der Waals surface area contributed by atoms with Gasteiger partial charge in [-0.25, -0.2) is 4.98 Å². The van der Waals surface area contributed by atoms with Gasteiger partial charge in [-0.05, 0) is 36.8 Å². The van der Waals surface area contributed by atoms with Crippen molar-refractivity contribution in [2.24, 2.45) is 0 Å². The quantitative estimate of drug-likeness (QED) is 0.677. The summed E-state index contributed by atoms with van der Waals surface area (Å²) >= 11 is 0. The molecular formula is C22H24N4O4. The molecule has 0 atom stereocenters. The minimum Gasteiger partial charge on any atom is -0.495 e. The van der Waals surface area contributed by atoms with Crippen LogP contribution in [0.3, 0.4) is 0 Å². The Morgan fingerprint density at radius 2 is 1.93 bits per heavy atom. The summed E-state index contributed by atoms with van der Waals surface area (Å²) in [5.41, 5.74) is 2.00. The lowest BCUT2D eigenvalue weighted by Gasteiger charge is -2.18. The molecule has 0 saturated heterocycles. The Kier molecular flexibility index (Phi) is 6.15. The number of nitrogens with one attached hydrogen (secondary N) is 1. The van der Waals surface area contributed by atoms with E-state index in [-0.39, 0.29) is 24.7 Å². The standard InChI is InChI=1S/C22H24N4O4/c1-5-20(28)25(3)21-22(29)26(17-9-7-6-8-15(17)24-21)13-19(27)23-16-12-14(2)10-11-18(16)30-4/h6-12H,5,13H2,1-4H3,(H,23,27). The Morgan fingerprint density at radius 1 is 1.20 bits per heavy atom.